The Hall–Kier alpha value is -0.360. The molecule has 0 amide bonds. The Bertz CT molecular complexity index is 289. The second-order valence-corrected chi connectivity index (χ2v) is 3.66. The van der Waals surface area contributed by atoms with E-state index in [0.29, 0.717) is 17.3 Å². The van der Waals surface area contributed by atoms with Crippen LogP contribution in [0.2, 0.25) is 5.15 Å². The summed E-state index contributed by atoms with van der Waals surface area (Å²) >= 11 is 7.69. The molecule has 0 aliphatic rings. The second kappa shape index (κ2) is 5.39. The van der Waals surface area contributed by atoms with Crippen LogP contribution in [0.3, 0.4) is 0 Å². The molecule has 0 atom stereocenters. The van der Waals surface area contributed by atoms with E-state index in [0.717, 1.165) is 4.43 Å². The Morgan fingerprint density at radius 2 is 2.38 bits per heavy atom. The highest BCUT2D eigenvalue weighted by atomic mass is 127. The van der Waals surface area contributed by atoms with Crippen LogP contribution in [0.4, 0.5) is 0 Å². The van der Waals surface area contributed by atoms with Crippen LogP contribution < -0.4 is 0 Å². The molecule has 0 unspecified atom stereocenters. The van der Waals surface area contributed by atoms with Crippen molar-refractivity contribution in [1.29, 1.82) is 0 Å². The zero-order chi connectivity index (χ0) is 9.68. The average molecular weight is 312 g/mol. The van der Waals surface area contributed by atoms with Gasteiger partial charge in [0.05, 0.1) is 5.56 Å². The molecule has 3 nitrogen and oxygen atoms in total. The van der Waals surface area contributed by atoms with Gasteiger partial charge in [-0.2, -0.15) is 0 Å². The van der Waals surface area contributed by atoms with E-state index >= 15 is 0 Å². The van der Waals surface area contributed by atoms with Crippen LogP contribution in [-0.2, 0) is 4.74 Å². The smallest absolute Gasteiger partial charge is 0.339 e. The van der Waals surface area contributed by atoms with Crippen molar-refractivity contribution >= 4 is 40.2 Å². The van der Waals surface area contributed by atoms with Crippen molar-refractivity contribution in [2.45, 2.75) is 0 Å². The SMILES string of the molecule is O=C(OCCI)c1ccc(Cl)nc1. The van der Waals surface area contributed by atoms with E-state index in [4.69, 9.17) is 16.3 Å². The fourth-order valence-corrected chi connectivity index (χ4v) is 1.04. The molecule has 13 heavy (non-hydrogen) atoms. The summed E-state index contributed by atoms with van der Waals surface area (Å²) in [4.78, 5) is 15.0. The Morgan fingerprint density at radius 3 is 2.92 bits per heavy atom. The summed E-state index contributed by atoms with van der Waals surface area (Å²) in [6.45, 7) is 0.419. The molecule has 0 spiro atoms. The number of nitrogens with zero attached hydrogens (tertiary/aromatic N) is 1. The summed E-state index contributed by atoms with van der Waals surface area (Å²) in [5, 5.41) is 0.366. The second-order valence-electron chi connectivity index (χ2n) is 2.19. The minimum atomic E-state index is -0.360. The van der Waals surface area contributed by atoms with Crippen molar-refractivity contribution in [3.63, 3.8) is 0 Å². The fourth-order valence-electron chi connectivity index (χ4n) is 0.711. The molecule has 1 aromatic heterocycles. The molecule has 0 aromatic carbocycles. The molecule has 0 bridgehead atoms. The minimum Gasteiger partial charge on any atom is -0.461 e. The third-order valence-corrected chi connectivity index (χ3v) is 1.94. The van der Waals surface area contributed by atoms with Gasteiger partial charge < -0.3 is 4.74 Å². The molecule has 0 saturated carbocycles. The van der Waals surface area contributed by atoms with Gasteiger partial charge in [0, 0.05) is 10.6 Å². The molecule has 70 valence electrons. The molecule has 0 fully saturated rings. The molecule has 0 radical (unpaired) electrons. The molecule has 0 N–H and O–H groups in total. The lowest BCUT2D eigenvalue weighted by Crippen LogP contribution is -2.07. The maximum Gasteiger partial charge on any atom is 0.339 e. The predicted octanol–water partition coefficient (Wildman–Crippen LogP) is 2.33. The van der Waals surface area contributed by atoms with Crippen molar-refractivity contribution in [3.05, 3.63) is 29.0 Å². The third kappa shape index (κ3) is 3.48. The van der Waals surface area contributed by atoms with E-state index in [1.54, 1.807) is 12.1 Å². The zero-order valence-corrected chi connectivity index (χ0v) is 9.58. The lowest BCUT2D eigenvalue weighted by atomic mass is 10.3. The van der Waals surface area contributed by atoms with Crippen molar-refractivity contribution in [3.8, 4) is 0 Å². The molecule has 0 aliphatic carbocycles. The van der Waals surface area contributed by atoms with Gasteiger partial charge in [0.1, 0.15) is 11.8 Å². The number of rotatable bonds is 3. The zero-order valence-electron chi connectivity index (χ0n) is 6.67. The molecule has 1 aromatic rings. The molecule has 0 aliphatic heterocycles. The molecular formula is C8H7ClINO2. The first-order valence-corrected chi connectivity index (χ1v) is 5.49. The first-order chi connectivity index (χ1) is 6.24. The number of ether oxygens (including phenoxy) is 1. The number of pyridine rings is 1. The van der Waals surface area contributed by atoms with Gasteiger partial charge in [-0.25, -0.2) is 9.78 Å². The normalized spacial score (nSPS) is 9.69. The Morgan fingerprint density at radius 1 is 1.62 bits per heavy atom. The van der Waals surface area contributed by atoms with E-state index in [1.165, 1.54) is 6.20 Å². The summed E-state index contributed by atoms with van der Waals surface area (Å²) in [5.41, 5.74) is 0.425. The Kier molecular flexibility index (Phi) is 4.44. The summed E-state index contributed by atoms with van der Waals surface area (Å²) in [5.74, 6) is -0.360. The lowest BCUT2D eigenvalue weighted by molar-refractivity contribution is 0.0532. The third-order valence-electron chi connectivity index (χ3n) is 1.27. The highest BCUT2D eigenvalue weighted by molar-refractivity contribution is 14.1. The van der Waals surface area contributed by atoms with Gasteiger partial charge >= 0.3 is 5.97 Å². The van der Waals surface area contributed by atoms with Crippen molar-refractivity contribution < 1.29 is 9.53 Å². The number of hydrogen-bond donors (Lipinski definition) is 0. The maximum absolute atomic E-state index is 11.2. The van der Waals surface area contributed by atoms with Crippen LogP contribution in [0.25, 0.3) is 0 Å². The number of carbonyl (C=O) groups excluding carboxylic acids is 1. The van der Waals surface area contributed by atoms with Gasteiger partial charge in [0.15, 0.2) is 0 Å². The van der Waals surface area contributed by atoms with Crippen molar-refractivity contribution in [2.24, 2.45) is 0 Å². The number of halogens is 2. The minimum absolute atomic E-state index is 0.360. The number of carbonyl (C=O) groups is 1. The van der Waals surface area contributed by atoms with E-state index < -0.39 is 0 Å². The molecule has 0 saturated heterocycles. The van der Waals surface area contributed by atoms with E-state index in [1.807, 2.05) is 0 Å². The summed E-state index contributed by atoms with van der Waals surface area (Å²) in [7, 11) is 0. The lowest BCUT2D eigenvalue weighted by Gasteiger charge is -2.01. The van der Waals surface area contributed by atoms with Crippen LogP contribution >= 0.6 is 34.2 Å². The maximum atomic E-state index is 11.2. The number of aromatic nitrogens is 1. The topological polar surface area (TPSA) is 39.2 Å². The average Bonchev–Trinajstić information content (AvgIpc) is 2.15. The van der Waals surface area contributed by atoms with Gasteiger partial charge in [0.2, 0.25) is 0 Å². The first kappa shape index (κ1) is 10.7. The monoisotopic (exact) mass is 311 g/mol. The summed E-state index contributed by atoms with van der Waals surface area (Å²) in [6, 6.07) is 3.15. The number of esters is 1. The van der Waals surface area contributed by atoms with Crippen molar-refractivity contribution in [2.75, 3.05) is 11.0 Å². The van der Waals surface area contributed by atoms with Gasteiger partial charge in [-0.3, -0.25) is 0 Å². The Labute approximate surface area is 94.6 Å². The quantitative estimate of drug-likeness (QED) is 0.372. The van der Waals surface area contributed by atoms with Crippen LogP contribution in [0, 0.1) is 0 Å². The molecule has 1 heterocycles. The molecular weight excluding hydrogens is 304 g/mol. The van der Waals surface area contributed by atoms with Crippen LogP contribution in [0.1, 0.15) is 10.4 Å². The van der Waals surface area contributed by atoms with E-state index in [-0.39, 0.29) is 5.97 Å². The van der Waals surface area contributed by atoms with Crippen LogP contribution in [0.5, 0.6) is 0 Å². The highest BCUT2D eigenvalue weighted by Crippen LogP contribution is 2.06. The Balaban J connectivity index is 2.61. The van der Waals surface area contributed by atoms with Crippen molar-refractivity contribution in [1.82, 2.24) is 4.98 Å². The van der Waals surface area contributed by atoms with Gasteiger partial charge in [0.25, 0.3) is 0 Å². The highest BCUT2D eigenvalue weighted by Gasteiger charge is 2.06. The van der Waals surface area contributed by atoms with E-state index in [9.17, 15) is 4.79 Å². The summed E-state index contributed by atoms with van der Waals surface area (Å²) in [6.07, 6.45) is 1.40. The van der Waals surface area contributed by atoms with Gasteiger partial charge in [-0.05, 0) is 12.1 Å². The van der Waals surface area contributed by atoms with E-state index in [2.05, 4.69) is 27.6 Å². The van der Waals surface area contributed by atoms with Gasteiger partial charge in [-0.15, -0.1) is 0 Å². The largest absolute Gasteiger partial charge is 0.461 e. The standard InChI is InChI=1S/C8H7ClINO2/c9-7-2-1-6(5-11-7)8(12)13-4-3-10/h1-2,5H,3-4H2. The number of hydrogen-bond acceptors (Lipinski definition) is 3. The predicted molar refractivity (Wildman–Crippen MR) is 58.4 cm³/mol. The fraction of sp³-hybridized carbons (Fsp3) is 0.250. The number of alkyl halides is 1. The van der Waals surface area contributed by atoms with Crippen LogP contribution in [0.15, 0.2) is 18.3 Å². The first-order valence-electron chi connectivity index (χ1n) is 3.58. The van der Waals surface area contributed by atoms with Gasteiger partial charge in [-0.1, -0.05) is 34.2 Å². The molecule has 1 rings (SSSR count). The molecule has 5 heteroatoms. The van der Waals surface area contributed by atoms with Crippen LogP contribution in [-0.4, -0.2) is 22.0 Å². The summed E-state index contributed by atoms with van der Waals surface area (Å²) < 4.78 is 5.67.